The molecule has 1 fully saturated rings. The number of carbonyl (C=O) groups excluding carboxylic acids is 1. The molecule has 1 aromatic carbocycles. The van der Waals surface area contributed by atoms with Crippen molar-refractivity contribution in [1.29, 1.82) is 0 Å². The quantitative estimate of drug-likeness (QED) is 0.793. The van der Waals surface area contributed by atoms with Gasteiger partial charge < -0.3 is 9.64 Å². The largest absolute Gasteiger partial charge is 0.383 e. The Balaban J connectivity index is 1.76. The summed E-state index contributed by atoms with van der Waals surface area (Å²) in [6.45, 7) is 2.86. The Morgan fingerprint density at radius 2 is 2.11 bits per heavy atom. The van der Waals surface area contributed by atoms with E-state index in [0.29, 0.717) is 24.8 Å². The number of nitrogens with one attached hydrogen (secondary N) is 1. The maximum Gasteiger partial charge on any atom is 0.323 e. The predicted molar refractivity (Wildman–Crippen MR) is 102 cm³/mol. The maximum atomic E-state index is 14.0. The van der Waals surface area contributed by atoms with Gasteiger partial charge in [0.1, 0.15) is 11.6 Å². The number of hydrogen-bond donors (Lipinski definition) is 1. The Labute approximate surface area is 159 Å². The van der Waals surface area contributed by atoms with Gasteiger partial charge in [-0.3, -0.25) is 5.32 Å². The molecule has 27 heavy (non-hydrogen) atoms. The summed E-state index contributed by atoms with van der Waals surface area (Å²) in [7, 11) is 1.58. The monoisotopic (exact) mass is 374 g/mol. The highest BCUT2D eigenvalue weighted by Gasteiger charge is 2.24. The van der Waals surface area contributed by atoms with E-state index in [1.807, 2.05) is 11.6 Å². The molecule has 0 atom stereocenters. The molecule has 0 spiro atoms. The lowest BCUT2D eigenvalue weighted by atomic mass is 10.2. The Kier molecular flexibility index (Phi) is 6.45. The molecule has 3 rings (SSSR count). The van der Waals surface area contributed by atoms with Gasteiger partial charge in [0, 0.05) is 24.8 Å². The molecule has 1 saturated carbocycles. The number of halogens is 1. The number of rotatable bonds is 7. The van der Waals surface area contributed by atoms with E-state index in [2.05, 4.69) is 10.4 Å². The summed E-state index contributed by atoms with van der Waals surface area (Å²) in [6, 6.07) is 6.55. The number of benzene rings is 1. The van der Waals surface area contributed by atoms with Crippen LogP contribution in [0.1, 0.15) is 42.9 Å². The van der Waals surface area contributed by atoms with Gasteiger partial charge in [-0.1, -0.05) is 31.0 Å². The minimum Gasteiger partial charge on any atom is -0.383 e. The van der Waals surface area contributed by atoms with Gasteiger partial charge in [-0.2, -0.15) is 5.10 Å². The lowest BCUT2D eigenvalue weighted by molar-refractivity contribution is 0.152. The molecule has 0 bridgehead atoms. The second-order valence-electron chi connectivity index (χ2n) is 6.99. The highest BCUT2D eigenvalue weighted by molar-refractivity contribution is 5.89. The Morgan fingerprint density at radius 3 is 2.81 bits per heavy atom. The fourth-order valence-corrected chi connectivity index (χ4v) is 3.50. The standard InChI is InChI=1S/C20H27FN4O2/c1-15-13-22-25(17-8-4-5-9-17)19(15)23-20(26)24(11-12-27-2)14-16-7-3-6-10-18(16)21/h3,6-7,10,13,17H,4-5,8-9,11-12,14H2,1-2H3,(H,23,26). The molecule has 2 aromatic rings. The number of ether oxygens (including phenoxy) is 1. The van der Waals surface area contributed by atoms with E-state index in [9.17, 15) is 9.18 Å². The van der Waals surface area contributed by atoms with Gasteiger partial charge >= 0.3 is 6.03 Å². The first-order valence-electron chi connectivity index (χ1n) is 9.42. The molecule has 146 valence electrons. The molecule has 6 nitrogen and oxygen atoms in total. The summed E-state index contributed by atoms with van der Waals surface area (Å²) in [5, 5.41) is 7.46. The van der Waals surface area contributed by atoms with Crippen LogP contribution < -0.4 is 5.32 Å². The molecule has 1 N–H and O–H groups in total. The SMILES string of the molecule is COCCN(Cc1ccccc1F)C(=O)Nc1c(C)cnn1C1CCCC1. The fourth-order valence-electron chi connectivity index (χ4n) is 3.50. The van der Waals surface area contributed by atoms with E-state index < -0.39 is 0 Å². The van der Waals surface area contributed by atoms with Crippen molar-refractivity contribution in [1.82, 2.24) is 14.7 Å². The number of aromatic nitrogens is 2. The third-order valence-electron chi connectivity index (χ3n) is 5.05. The van der Waals surface area contributed by atoms with Crippen molar-refractivity contribution < 1.29 is 13.9 Å². The minimum absolute atomic E-state index is 0.179. The zero-order valence-electron chi connectivity index (χ0n) is 15.9. The minimum atomic E-state index is -0.320. The van der Waals surface area contributed by atoms with Crippen LogP contribution in [0.2, 0.25) is 0 Å². The van der Waals surface area contributed by atoms with Gasteiger partial charge in [0.2, 0.25) is 0 Å². The number of methoxy groups -OCH3 is 1. The normalized spacial score (nSPS) is 14.5. The first kappa shape index (κ1) is 19.4. The van der Waals surface area contributed by atoms with Crippen LogP contribution >= 0.6 is 0 Å². The van der Waals surface area contributed by atoms with Crippen molar-refractivity contribution >= 4 is 11.8 Å². The summed E-state index contributed by atoms with van der Waals surface area (Å²) in [5.74, 6) is 0.405. The molecule has 0 saturated heterocycles. The Hall–Kier alpha value is -2.41. The summed E-state index contributed by atoms with van der Waals surface area (Å²) in [6.07, 6.45) is 6.30. The zero-order valence-corrected chi connectivity index (χ0v) is 15.9. The van der Waals surface area contributed by atoms with Crippen molar-refractivity contribution in [2.24, 2.45) is 0 Å². The van der Waals surface area contributed by atoms with Gasteiger partial charge in [0.05, 0.1) is 25.4 Å². The van der Waals surface area contributed by atoms with Gasteiger partial charge in [0.25, 0.3) is 0 Å². The smallest absolute Gasteiger partial charge is 0.323 e. The highest BCUT2D eigenvalue weighted by atomic mass is 19.1. The van der Waals surface area contributed by atoms with E-state index in [-0.39, 0.29) is 18.4 Å². The summed E-state index contributed by atoms with van der Waals surface area (Å²) in [5.41, 5.74) is 1.40. The molecule has 2 amide bonds. The molecular formula is C20H27FN4O2. The van der Waals surface area contributed by atoms with Crippen LogP contribution in [0.15, 0.2) is 30.5 Å². The molecule has 1 aliphatic carbocycles. The van der Waals surface area contributed by atoms with Crippen LogP contribution in [0.4, 0.5) is 15.0 Å². The van der Waals surface area contributed by atoms with E-state index in [1.165, 1.54) is 18.9 Å². The van der Waals surface area contributed by atoms with E-state index in [0.717, 1.165) is 24.2 Å². The van der Waals surface area contributed by atoms with Crippen molar-refractivity contribution in [2.45, 2.75) is 45.2 Å². The van der Waals surface area contributed by atoms with Crippen LogP contribution in [-0.4, -0.2) is 41.0 Å². The lowest BCUT2D eigenvalue weighted by Crippen LogP contribution is -2.37. The van der Waals surface area contributed by atoms with Crippen molar-refractivity contribution in [3.63, 3.8) is 0 Å². The molecule has 0 unspecified atom stereocenters. The number of nitrogens with zero attached hydrogens (tertiary/aromatic N) is 3. The number of carbonyl (C=O) groups is 1. The molecule has 0 aliphatic heterocycles. The van der Waals surface area contributed by atoms with Crippen molar-refractivity contribution in [3.05, 3.63) is 47.4 Å². The number of aryl methyl sites for hydroxylation is 1. The Bertz CT molecular complexity index is 771. The first-order chi connectivity index (χ1) is 13.1. The molecule has 1 aromatic heterocycles. The number of anilines is 1. The third kappa shape index (κ3) is 4.66. The van der Waals surface area contributed by atoms with Crippen molar-refractivity contribution in [3.8, 4) is 0 Å². The average molecular weight is 374 g/mol. The zero-order chi connectivity index (χ0) is 19.2. The second-order valence-corrected chi connectivity index (χ2v) is 6.99. The summed E-state index contributed by atoms with van der Waals surface area (Å²) >= 11 is 0. The van der Waals surface area contributed by atoms with Crippen LogP contribution in [0, 0.1) is 12.7 Å². The fraction of sp³-hybridized carbons (Fsp3) is 0.500. The molecule has 1 heterocycles. The molecular weight excluding hydrogens is 347 g/mol. The van der Waals surface area contributed by atoms with E-state index >= 15 is 0 Å². The van der Waals surface area contributed by atoms with Crippen LogP contribution in [-0.2, 0) is 11.3 Å². The van der Waals surface area contributed by atoms with Crippen molar-refractivity contribution in [2.75, 3.05) is 25.6 Å². The third-order valence-corrected chi connectivity index (χ3v) is 5.05. The van der Waals surface area contributed by atoms with Gasteiger partial charge in [-0.15, -0.1) is 0 Å². The van der Waals surface area contributed by atoms with Gasteiger partial charge in [0.15, 0.2) is 0 Å². The van der Waals surface area contributed by atoms with E-state index in [1.54, 1.807) is 36.4 Å². The van der Waals surface area contributed by atoms with Crippen LogP contribution in [0.3, 0.4) is 0 Å². The summed E-state index contributed by atoms with van der Waals surface area (Å²) in [4.78, 5) is 14.5. The molecule has 7 heteroatoms. The second kappa shape index (κ2) is 8.99. The first-order valence-corrected chi connectivity index (χ1v) is 9.42. The topological polar surface area (TPSA) is 59.4 Å². The van der Waals surface area contributed by atoms with Gasteiger partial charge in [-0.25, -0.2) is 13.9 Å². The van der Waals surface area contributed by atoms with E-state index in [4.69, 9.17) is 4.74 Å². The highest BCUT2D eigenvalue weighted by Crippen LogP contribution is 2.32. The Morgan fingerprint density at radius 1 is 1.37 bits per heavy atom. The van der Waals surface area contributed by atoms with Crippen LogP contribution in [0.5, 0.6) is 0 Å². The summed E-state index contributed by atoms with van der Waals surface area (Å²) < 4.78 is 21.1. The number of amides is 2. The number of urea groups is 1. The average Bonchev–Trinajstić information content (AvgIpc) is 3.30. The molecule has 1 aliphatic rings. The number of hydrogen-bond acceptors (Lipinski definition) is 3. The maximum absolute atomic E-state index is 14.0. The van der Waals surface area contributed by atoms with Gasteiger partial charge in [-0.05, 0) is 25.8 Å². The van der Waals surface area contributed by atoms with Crippen LogP contribution in [0.25, 0.3) is 0 Å². The predicted octanol–water partition coefficient (Wildman–Crippen LogP) is 4.13. The lowest BCUT2D eigenvalue weighted by Gasteiger charge is -2.24. The molecule has 0 radical (unpaired) electrons.